The lowest BCUT2D eigenvalue weighted by molar-refractivity contribution is -0.142. The van der Waals surface area contributed by atoms with Gasteiger partial charge in [-0.3, -0.25) is 4.90 Å². The Morgan fingerprint density at radius 3 is 2.41 bits per heavy atom. The van der Waals surface area contributed by atoms with Crippen molar-refractivity contribution in [2.24, 2.45) is 5.41 Å². The van der Waals surface area contributed by atoms with Crippen LogP contribution >= 0.6 is 0 Å². The Morgan fingerprint density at radius 2 is 1.94 bits per heavy atom. The maximum atomic E-state index is 12.0. The smallest absolute Gasteiger partial charge is 0.411 e. The predicted molar refractivity (Wildman–Crippen MR) is 60.6 cm³/mol. The van der Waals surface area contributed by atoms with Gasteiger partial charge in [0.1, 0.15) is 11.6 Å². The van der Waals surface area contributed by atoms with Gasteiger partial charge in [0.15, 0.2) is 0 Å². The maximum absolute atomic E-state index is 12.0. The van der Waals surface area contributed by atoms with Crippen molar-refractivity contribution >= 4 is 12.1 Å². The van der Waals surface area contributed by atoms with Gasteiger partial charge >= 0.3 is 12.1 Å². The molecule has 0 aromatic rings. The molecular weight excluding hydrogens is 222 g/mol. The van der Waals surface area contributed by atoms with Crippen molar-refractivity contribution in [1.82, 2.24) is 4.90 Å². The average Bonchev–Trinajstić information content (AvgIpc) is 2.65. The molecule has 2 fully saturated rings. The van der Waals surface area contributed by atoms with E-state index >= 15 is 0 Å². The fourth-order valence-corrected chi connectivity index (χ4v) is 2.57. The molecule has 17 heavy (non-hydrogen) atoms. The number of nitrogens with zero attached hydrogens (tertiary/aromatic N) is 1. The number of carboxylic acids is 1. The Labute approximate surface area is 101 Å². The largest absolute Gasteiger partial charge is 0.480 e. The number of amides is 1. The third kappa shape index (κ3) is 2.10. The van der Waals surface area contributed by atoms with Crippen LogP contribution in [0.1, 0.15) is 40.5 Å². The number of hydrogen-bond acceptors (Lipinski definition) is 3. The third-order valence-corrected chi connectivity index (χ3v) is 3.52. The Kier molecular flexibility index (Phi) is 2.42. The molecule has 0 unspecified atom stereocenters. The molecule has 2 aliphatic rings. The number of aliphatic carboxylic acids is 1. The summed E-state index contributed by atoms with van der Waals surface area (Å²) in [6.07, 6.45) is 0.915. The number of likely N-dealkylation sites (tertiary alicyclic amines) is 1. The van der Waals surface area contributed by atoms with Gasteiger partial charge in [-0.1, -0.05) is 6.92 Å². The van der Waals surface area contributed by atoms with Crippen LogP contribution in [0.15, 0.2) is 0 Å². The Balaban J connectivity index is 2.13. The van der Waals surface area contributed by atoms with Gasteiger partial charge in [0.2, 0.25) is 0 Å². The molecule has 1 heterocycles. The lowest BCUT2D eigenvalue weighted by Gasteiger charge is -2.28. The highest BCUT2D eigenvalue weighted by molar-refractivity contribution is 5.82. The number of fused-ring (bicyclic) bond motifs is 1. The summed E-state index contributed by atoms with van der Waals surface area (Å²) < 4.78 is 5.27. The number of ether oxygens (including phenoxy) is 1. The lowest BCUT2D eigenvalue weighted by atomic mass is 10.0. The van der Waals surface area contributed by atoms with E-state index in [2.05, 4.69) is 0 Å². The van der Waals surface area contributed by atoms with Crippen LogP contribution in [0.4, 0.5) is 4.79 Å². The van der Waals surface area contributed by atoms with Crippen molar-refractivity contribution in [2.45, 2.75) is 58.2 Å². The Bertz CT molecular complexity index is 373. The summed E-state index contributed by atoms with van der Waals surface area (Å²) in [4.78, 5) is 24.5. The molecule has 0 radical (unpaired) electrons. The molecule has 1 aliphatic heterocycles. The van der Waals surface area contributed by atoms with Crippen molar-refractivity contribution in [3.05, 3.63) is 0 Å². The molecule has 2 rings (SSSR count). The van der Waals surface area contributed by atoms with Gasteiger partial charge in [-0.25, -0.2) is 9.59 Å². The quantitative estimate of drug-likeness (QED) is 0.761. The molecule has 1 aliphatic carbocycles. The van der Waals surface area contributed by atoms with E-state index in [1.54, 1.807) is 20.8 Å². The van der Waals surface area contributed by atoms with Crippen molar-refractivity contribution in [3.8, 4) is 0 Å². The molecule has 96 valence electrons. The van der Waals surface area contributed by atoms with Crippen LogP contribution in [-0.4, -0.2) is 39.8 Å². The maximum Gasteiger partial charge on any atom is 0.411 e. The summed E-state index contributed by atoms with van der Waals surface area (Å²) >= 11 is 0. The summed E-state index contributed by atoms with van der Waals surface area (Å²) in [7, 11) is 0. The molecule has 0 aromatic carbocycles. The van der Waals surface area contributed by atoms with E-state index in [1.807, 2.05) is 6.92 Å². The van der Waals surface area contributed by atoms with Crippen LogP contribution in [0.5, 0.6) is 0 Å². The second kappa shape index (κ2) is 3.37. The number of carbonyl (C=O) groups excluding carboxylic acids is 1. The van der Waals surface area contributed by atoms with E-state index < -0.39 is 23.7 Å². The fraction of sp³-hybridized carbons (Fsp3) is 0.833. The molecule has 0 spiro atoms. The van der Waals surface area contributed by atoms with Crippen LogP contribution < -0.4 is 0 Å². The van der Waals surface area contributed by atoms with Crippen LogP contribution in [0, 0.1) is 5.41 Å². The monoisotopic (exact) mass is 241 g/mol. The van der Waals surface area contributed by atoms with Gasteiger partial charge in [-0.05, 0) is 39.0 Å². The van der Waals surface area contributed by atoms with Crippen molar-refractivity contribution in [3.63, 3.8) is 0 Å². The van der Waals surface area contributed by atoms with E-state index in [0.29, 0.717) is 6.42 Å². The normalized spacial score (nSPS) is 35.4. The third-order valence-electron chi connectivity index (χ3n) is 3.52. The summed E-state index contributed by atoms with van der Waals surface area (Å²) in [5.74, 6) is -0.940. The summed E-state index contributed by atoms with van der Waals surface area (Å²) in [6.45, 7) is 7.37. The van der Waals surface area contributed by atoms with Gasteiger partial charge in [0.25, 0.3) is 0 Å². The molecule has 1 N–H and O–H groups in total. The summed E-state index contributed by atoms with van der Waals surface area (Å²) in [5, 5.41) is 9.13. The molecule has 1 saturated carbocycles. The summed E-state index contributed by atoms with van der Waals surface area (Å²) in [5.41, 5.74) is -0.603. The number of rotatable bonds is 1. The first-order valence-corrected chi connectivity index (χ1v) is 5.88. The average molecular weight is 241 g/mol. The highest BCUT2D eigenvalue weighted by Crippen LogP contribution is 2.59. The first-order valence-electron chi connectivity index (χ1n) is 5.88. The zero-order chi connectivity index (χ0) is 13.0. The number of carbonyl (C=O) groups is 2. The Hall–Kier alpha value is -1.26. The first kappa shape index (κ1) is 12.2. The minimum absolute atomic E-state index is 0.0139. The van der Waals surface area contributed by atoms with E-state index in [4.69, 9.17) is 9.84 Å². The zero-order valence-corrected chi connectivity index (χ0v) is 10.7. The highest BCUT2D eigenvalue weighted by atomic mass is 16.6. The minimum Gasteiger partial charge on any atom is -0.480 e. The SMILES string of the molecule is CC(C)(C)OC(=O)N1[C@H](C(=O)O)C[C@@]2(C)C[C@@H]12. The Morgan fingerprint density at radius 1 is 1.35 bits per heavy atom. The zero-order valence-electron chi connectivity index (χ0n) is 10.7. The molecule has 5 nitrogen and oxygen atoms in total. The second-order valence-electron chi connectivity index (χ2n) is 6.32. The lowest BCUT2D eigenvalue weighted by Crippen LogP contribution is -2.45. The van der Waals surface area contributed by atoms with Gasteiger partial charge in [0, 0.05) is 6.04 Å². The second-order valence-corrected chi connectivity index (χ2v) is 6.32. The van der Waals surface area contributed by atoms with Gasteiger partial charge in [-0.15, -0.1) is 0 Å². The van der Waals surface area contributed by atoms with Crippen molar-refractivity contribution < 1.29 is 19.4 Å². The molecule has 3 atom stereocenters. The summed E-state index contributed by atoms with van der Waals surface area (Å²) in [6, 6.07) is -0.688. The van der Waals surface area contributed by atoms with Crippen LogP contribution in [0.3, 0.4) is 0 Å². The fourth-order valence-electron chi connectivity index (χ4n) is 2.57. The van der Waals surface area contributed by atoms with Crippen molar-refractivity contribution in [1.29, 1.82) is 0 Å². The molecular formula is C12H19NO4. The molecule has 0 bridgehead atoms. The van der Waals surface area contributed by atoms with Crippen LogP contribution in [0.2, 0.25) is 0 Å². The van der Waals surface area contributed by atoms with Crippen LogP contribution in [0.25, 0.3) is 0 Å². The molecule has 1 amide bonds. The van der Waals surface area contributed by atoms with E-state index in [0.717, 1.165) is 6.42 Å². The van der Waals surface area contributed by atoms with Gasteiger partial charge in [0.05, 0.1) is 0 Å². The van der Waals surface area contributed by atoms with E-state index in [9.17, 15) is 9.59 Å². The topological polar surface area (TPSA) is 66.8 Å². The number of hydrogen-bond donors (Lipinski definition) is 1. The molecule has 5 heteroatoms. The standard InChI is InChI=1S/C12H19NO4/c1-11(2,3)17-10(16)13-7(9(14)15)5-12(4)6-8(12)13/h7-8H,5-6H2,1-4H3,(H,14,15)/t7-,8+,12-/m0/s1. The number of carboxylic acid groups (broad SMARTS) is 1. The highest BCUT2D eigenvalue weighted by Gasteiger charge is 2.65. The van der Waals surface area contributed by atoms with Crippen LogP contribution in [-0.2, 0) is 9.53 Å². The number of piperidine rings is 1. The first-order chi connectivity index (χ1) is 7.64. The van der Waals surface area contributed by atoms with Crippen molar-refractivity contribution in [2.75, 3.05) is 0 Å². The molecule has 1 saturated heterocycles. The molecule has 0 aromatic heterocycles. The van der Waals surface area contributed by atoms with Gasteiger partial charge in [-0.2, -0.15) is 0 Å². The van der Waals surface area contributed by atoms with Gasteiger partial charge < -0.3 is 9.84 Å². The predicted octanol–water partition coefficient (Wildman–Crippen LogP) is 1.86. The van der Waals surface area contributed by atoms with E-state index in [-0.39, 0.29) is 11.5 Å². The van der Waals surface area contributed by atoms with E-state index in [1.165, 1.54) is 4.90 Å². The minimum atomic E-state index is -0.940.